The SMILES string of the molecule is CCCCC(CO)N(C)Cc1cnc(-c2cc3cccc(N(CCOCC)S(=O)(=O)c4cccs4)c3[nH]2)s1. The van der Waals surface area contributed by atoms with E-state index >= 15 is 0 Å². The molecule has 1 unspecified atom stereocenters. The average Bonchev–Trinajstić information content (AvgIpc) is 3.68. The summed E-state index contributed by atoms with van der Waals surface area (Å²) in [6.07, 6.45) is 5.04. The Balaban J connectivity index is 1.63. The summed E-state index contributed by atoms with van der Waals surface area (Å²) in [6, 6.07) is 11.2. The second-order valence-corrected chi connectivity index (χ2v) is 13.3. The molecule has 0 radical (unpaired) electrons. The van der Waals surface area contributed by atoms with Crippen molar-refractivity contribution in [1.82, 2.24) is 14.9 Å². The third kappa shape index (κ3) is 6.47. The Labute approximate surface area is 233 Å². The number of ether oxygens (including phenoxy) is 1. The maximum Gasteiger partial charge on any atom is 0.273 e. The van der Waals surface area contributed by atoms with Crippen molar-refractivity contribution >= 4 is 49.3 Å². The topological polar surface area (TPSA) is 98.8 Å². The molecule has 0 aliphatic rings. The molecule has 0 saturated carbocycles. The predicted molar refractivity (Wildman–Crippen MR) is 157 cm³/mol. The van der Waals surface area contributed by atoms with E-state index in [0.29, 0.717) is 29.7 Å². The van der Waals surface area contributed by atoms with Crippen molar-refractivity contribution in [3.8, 4) is 10.7 Å². The van der Waals surface area contributed by atoms with Gasteiger partial charge < -0.3 is 14.8 Å². The van der Waals surface area contributed by atoms with Gasteiger partial charge in [0.1, 0.15) is 9.22 Å². The van der Waals surface area contributed by atoms with Gasteiger partial charge in [-0.25, -0.2) is 13.4 Å². The number of nitrogens with one attached hydrogen (secondary N) is 1. The second-order valence-electron chi connectivity index (χ2n) is 9.16. The summed E-state index contributed by atoms with van der Waals surface area (Å²) in [6.45, 7) is 5.92. The Hall–Kier alpha value is -2.28. The van der Waals surface area contributed by atoms with Crippen molar-refractivity contribution in [2.75, 3.05) is 37.7 Å². The number of aromatic amines is 1. The van der Waals surface area contributed by atoms with Crippen LogP contribution in [0.3, 0.4) is 0 Å². The summed E-state index contributed by atoms with van der Waals surface area (Å²) in [5, 5.41) is 13.3. The number of nitrogens with zero attached hydrogens (tertiary/aromatic N) is 3. The number of thiazole rings is 1. The zero-order valence-electron chi connectivity index (χ0n) is 22.1. The lowest BCUT2D eigenvalue weighted by atomic mass is 10.1. The summed E-state index contributed by atoms with van der Waals surface area (Å²) in [4.78, 5) is 11.4. The molecule has 1 aromatic carbocycles. The number of aromatic nitrogens is 2. The van der Waals surface area contributed by atoms with Gasteiger partial charge in [0.2, 0.25) is 0 Å². The first-order valence-corrected chi connectivity index (χ1v) is 16.0. The average molecular weight is 577 g/mol. The molecule has 0 aliphatic carbocycles. The quantitative estimate of drug-likeness (QED) is 0.180. The molecule has 0 saturated heterocycles. The highest BCUT2D eigenvalue weighted by Crippen LogP contribution is 2.35. The Morgan fingerprint density at radius 3 is 2.76 bits per heavy atom. The number of sulfonamides is 1. The fraction of sp³-hybridized carbons (Fsp3) is 0.444. The number of anilines is 1. The van der Waals surface area contributed by atoms with E-state index in [0.717, 1.165) is 45.7 Å². The lowest BCUT2D eigenvalue weighted by Crippen LogP contribution is -2.34. The lowest BCUT2D eigenvalue weighted by Gasteiger charge is -2.25. The molecule has 11 heteroatoms. The first kappa shape index (κ1) is 28.7. The van der Waals surface area contributed by atoms with E-state index in [1.807, 2.05) is 44.4 Å². The molecule has 0 fully saturated rings. The number of para-hydroxylation sites is 1. The van der Waals surface area contributed by atoms with E-state index < -0.39 is 10.0 Å². The van der Waals surface area contributed by atoms with Crippen molar-refractivity contribution in [1.29, 1.82) is 0 Å². The zero-order valence-corrected chi connectivity index (χ0v) is 24.5. The molecule has 0 amide bonds. The molecule has 206 valence electrons. The van der Waals surface area contributed by atoms with E-state index in [1.165, 1.54) is 15.6 Å². The molecule has 1 atom stereocenters. The van der Waals surface area contributed by atoms with Crippen LogP contribution in [0.4, 0.5) is 5.69 Å². The van der Waals surface area contributed by atoms with Crippen LogP contribution in [0, 0.1) is 0 Å². The number of aliphatic hydroxyl groups excluding tert-OH is 1. The number of H-pyrrole nitrogens is 1. The van der Waals surface area contributed by atoms with Crippen molar-refractivity contribution in [3.63, 3.8) is 0 Å². The van der Waals surface area contributed by atoms with Gasteiger partial charge in [-0.05, 0) is 44.0 Å². The summed E-state index contributed by atoms with van der Waals surface area (Å²) >= 11 is 2.81. The molecule has 3 aromatic heterocycles. The molecule has 8 nitrogen and oxygen atoms in total. The molecule has 2 N–H and O–H groups in total. The third-order valence-electron chi connectivity index (χ3n) is 6.50. The normalized spacial score (nSPS) is 13.0. The number of thiophene rings is 1. The monoisotopic (exact) mass is 576 g/mol. The fourth-order valence-corrected chi connectivity index (χ4v) is 7.93. The largest absolute Gasteiger partial charge is 0.395 e. The van der Waals surface area contributed by atoms with Crippen LogP contribution in [-0.4, -0.2) is 67.8 Å². The first-order valence-electron chi connectivity index (χ1n) is 12.9. The van der Waals surface area contributed by atoms with Gasteiger partial charge in [-0.15, -0.1) is 22.7 Å². The molecule has 0 spiro atoms. The third-order valence-corrected chi connectivity index (χ3v) is 10.7. The highest BCUT2D eigenvalue weighted by Gasteiger charge is 2.28. The number of unbranched alkanes of at least 4 members (excludes halogenated alkanes) is 1. The molecular formula is C27H36N4O4S3. The second kappa shape index (κ2) is 13.2. The number of aliphatic hydroxyl groups is 1. The van der Waals surface area contributed by atoms with Gasteiger partial charge in [-0.2, -0.15) is 0 Å². The van der Waals surface area contributed by atoms with Crippen molar-refractivity contribution in [2.45, 2.75) is 49.9 Å². The van der Waals surface area contributed by atoms with Gasteiger partial charge in [0.25, 0.3) is 10.0 Å². The van der Waals surface area contributed by atoms with E-state index in [1.54, 1.807) is 28.8 Å². The lowest BCUT2D eigenvalue weighted by molar-refractivity contribution is 0.133. The number of rotatable bonds is 15. The molecule has 4 aromatic rings. The van der Waals surface area contributed by atoms with Crippen molar-refractivity contribution < 1.29 is 18.3 Å². The van der Waals surface area contributed by atoms with Crippen molar-refractivity contribution in [3.05, 3.63) is 52.9 Å². The Bertz CT molecular complexity index is 1400. The minimum absolute atomic E-state index is 0.129. The molecule has 38 heavy (non-hydrogen) atoms. The number of fused-ring (bicyclic) bond motifs is 1. The number of likely N-dealkylation sites (N-methyl/N-ethyl adjacent to an activating group) is 1. The van der Waals surface area contributed by atoms with Gasteiger partial charge >= 0.3 is 0 Å². The van der Waals surface area contributed by atoms with Crippen LogP contribution in [0.5, 0.6) is 0 Å². The van der Waals surface area contributed by atoms with E-state index in [2.05, 4.69) is 21.8 Å². The molecular weight excluding hydrogens is 541 g/mol. The van der Waals surface area contributed by atoms with Crippen LogP contribution in [-0.2, 0) is 21.3 Å². The van der Waals surface area contributed by atoms with Crippen LogP contribution in [0.15, 0.2) is 52.2 Å². The number of hydrogen-bond donors (Lipinski definition) is 2. The Morgan fingerprint density at radius 1 is 1.21 bits per heavy atom. The Kier molecular flexibility index (Phi) is 9.97. The Morgan fingerprint density at radius 2 is 2.05 bits per heavy atom. The fourth-order valence-electron chi connectivity index (χ4n) is 4.41. The maximum atomic E-state index is 13.6. The number of hydrogen-bond acceptors (Lipinski definition) is 8. The van der Waals surface area contributed by atoms with Crippen LogP contribution in [0.1, 0.15) is 38.0 Å². The van der Waals surface area contributed by atoms with Gasteiger partial charge in [0.05, 0.1) is 36.7 Å². The summed E-state index contributed by atoms with van der Waals surface area (Å²) in [7, 11) is -1.71. The van der Waals surface area contributed by atoms with Crippen LogP contribution < -0.4 is 4.31 Å². The summed E-state index contributed by atoms with van der Waals surface area (Å²) in [5.74, 6) is 0. The minimum Gasteiger partial charge on any atom is -0.395 e. The zero-order chi connectivity index (χ0) is 27.1. The number of benzene rings is 1. The van der Waals surface area contributed by atoms with Crippen molar-refractivity contribution in [2.24, 2.45) is 0 Å². The minimum atomic E-state index is -3.75. The van der Waals surface area contributed by atoms with Gasteiger partial charge in [-0.3, -0.25) is 9.21 Å². The van der Waals surface area contributed by atoms with Gasteiger partial charge in [-0.1, -0.05) is 38.0 Å². The van der Waals surface area contributed by atoms with Crippen LogP contribution in [0.2, 0.25) is 0 Å². The van der Waals surface area contributed by atoms with E-state index in [-0.39, 0.29) is 19.2 Å². The van der Waals surface area contributed by atoms with Crippen LogP contribution in [0.25, 0.3) is 21.6 Å². The molecule has 0 aliphatic heterocycles. The van der Waals surface area contributed by atoms with E-state index in [9.17, 15) is 13.5 Å². The molecule has 0 bridgehead atoms. The highest BCUT2D eigenvalue weighted by molar-refractivity contribution is 7.94. The van der Waals surface area contributed by atoms with E-state index in [4.69, 9.17) is 4.74 Å². The van der Waals surface area contributed by atoms with Gasteiger partial charge in [0, 0.05) is 35.7 Å². The predicted octanol–water partition coefficient (Wildman–Crippen LogP) is 5.57. The summed E-state index contributed by atoms with van der Waals surface area (Å²) in [5.41, 5.74) is 2.17. The molecule has 3 heterocycles. The van der Waals surface area contributed by atoms with Gasteiger partial charge in [0.15, 0.2) is 0 Å². The summed E-state index contributed by atoms with van der Waals surface area (Å²) < 4.78 is 34.4. The maximum absolute atomic E-state index is 13.6. The first-order chi connectivity index (χ1) is 18.4. The molecule has 4 rings (SSSR count). The standard InChI is InChI=1S/C27H36N4O4S3/c1-4-6-10-21(19-32)30(3)18-22-17-28-27(37-22)23-16-20-9-7-11-24(26(20)29-23)31(13-14-35-5-2)38(33,34)25-12-8-15-36-25/h7-9,11-12,15-17,21,29,32H,4-6,10,13-14,18-19H2,1-3H3. The smallest absolute Gasteiger partial charge is 0.273 e. The highest BCUT2D eigenvalue weighted by atomic mass is 32.2. The van der Waals surface area contributed by atoms with Crippen LogP contribution >= 0.6 is 22.7 Å².